The summed E-state index contributed by atoms with van der Waals surface area (Å²) in [5.41, 5.74) is 1.35. The molecule has 6 nitrogen and oxygen atoms in total. The van der Waals surface area contributed by atoms with Gasteiger partial charge in [-0.3, -0.25) is 4.79 Å². The molecule has 0 unspecified atom stereocenters. The molecule has 3 rings (SSSR count). The second-order valence-corrected chi connectivity index (χ2v) is 6.59. The van der Waals surface area contributed by atoms with Crippen LogP contribution in [0.5, 0.6) is 0 Å². The molecule has 0 N–H and O–H groups in total. The van der Waals surface area contributed by atoms with Crippen molar-refractivity contribution in [2.75, 3.05) is 26.3 Å². The number of carbonyl (C=O) groups excluding carboxylic acids is 1. The molecule has 1 amide bonds. The summed E-state index contributed by atoms with van der Waals surface area (Å²) in [6.07, 6.45) is 0. The molecule has 26 heavy (non-hydrogen) atoms. The smallest absolute Gasteiger partial charge is 0.289 e. The van der Waals surface area contributed by atoms with Crippen molar-refractivity contribution in [2.45, 2.75) is 13.5 Å². The van der Waals surface area contributed by atoms with Crippen LogP contribution in [-0.2, 0) is 16.2 Å². The first-order valence-corrected chi connectivity index (χ1v) is 8.88. The number of furan rings is 1. The number of hydrogen-bond donors (Lipinski definition) is 0. The van der Waals surface area contributed by atoms with Gasteiger partial charge in [-0.1, -0.05) is 34.4 Å². The van der Waals surface area contributed by atoms with E-state index < -0.39 is 0 Å². The third-order valence-electron chi connectivity index (χ3n) is 3.90. The molecule has 8 heteroatoms. The van der Waals surface area contributed by atoms with E-state index >= 15 is 0 Å². The summed E-state index contributed by atoms with van der Waals surface area (Å²) in [6.45, 7) is 4.12. The number of carbonyl (C=O) groups is 1. The Labute approximate surface area is 161 Å². The number of amides is 1. The Morgan fingerprint density at radius 3 is 2.73 bits per heavy atom. The standard InChI is InChI=1S/C18H18Cl2N2O4/c1-12(15-4-2-13(19)10-16(15)20)21-25-11-14-3-5-17(26-14)18(23)22-6-8-24-9-7-22/h2-5,10H,6-9,11H2,1H3/b21-12-. The fourth-order valence-electron chi connectivity index (χ4n) is 2.52. The van der Waals surface area contributed by atoms with Gasteiger partial charge in [0.1, 0.15) is 5.76 Å². The van der Waals surface area contributed by atoms with Crippen LogP contribution in [0.25, 0.3) is 0 Å². The summed E-state index contributed by atoms with van der Waals surface area (Å²) >= 11 is 12.0. The van der Waals surface area contributed by atoms with E-state index in [1.165, 1.54) is 0 Å². The van der Waals surface area contributed by atoms with Gasteiger partial charge in [-0.2, -0.15) is 0 Å². The Balaban J connectivity index is 1.58. The van der Waals surface area contributed by atoms with Crippen molar-refractivity contribution in [3.05, 3.63) is 57.5 Å². The molecule has 0 bridgehead atoms. The van der Waals surface area contributed by atoms with E-state index in [0.29, 0.717) is 47.8 Å². The molecule has 0 saturated carbocycles. The van der Waals surface area contributed by atoms with Gasteiger partial charge in [-0.15, -0.1) is 0 Å². The molecular formula is C18H18Cl2N2O4. The number of benzene rings is 1. The van der Waals surface area contributed by atoms with Gasteiger partial charge in [0, 0.05) is 23.7 Å². The lowest BCUT2D eigenvalue weighted by molar-refractivity contribution is 0.0278. The van der Waals surface area contributed by atoms with Crippen LogP contribution in [0.2, 0.25) is 10.0 Å². The van der Waals surface area contributed by atoms with E-state index in [1.54, 1.807) is 42.2 Å². The van der Waals surface area contributed by atoms with E-state index in [2.05, 4.69) is 5.16 Å². The van der Waals surface area contributed by atoms with Gasteiger partial charge in [0.15, 0.2) is 12.4 Å². The van der Waals surface area contributed by atoms with Gasteiger partial charge >= 0.3 is 0 Å². The zero-order valence-corrected chi connectivity index (χ0v) is 15.7. The molecule has 1 saturated heterocycles. The zero-order valence-electron chi connectivity index (χ0n) is 14.2. The Hall–Kier alpha value is -2.02. The first-order chi connectivity index (χ1) is 12.5. The second kappa shape index (κ2) is 8.58. The van der Waals surface area contributed by atoms with Crippen molar-refractivity contribution in [1.82, 2.24) is 4.90 Å². The van der Waals surface area contributed by atoms with E-state index in [4.69, 9.17) is 37.2 Å². The molecule has 0 radical (unpaired) electrons. The summed E-state index contributed by atoms with van der Waals surface area (Å²) in [6, 6.07) is 8.50. The fourth-order valence-corrected chi connectivity index (χ4v) is 3.06. The highest BCUT2D eigenvalue weighted by Gasteiger charge is 2.21. The van der Waals surface area contributed by atoms with Crippen molar-refractivity contribution in [2.24, 2.45) is 5.16 Å². The molecular weight excluding hydrogens is 379 g/mol. The number of halogens is 2. The summed E-state index contributed by atoms with van der Waals surface area (Å²) in [7, 11) is 0. The van der Waals surface area contributed by atoms with Crippen molar-refractivity contribution in [1.29, 1.82) is 0 Å². The highest BCUT2D eigenvalue weighted by atomic mass is 35.5. The van der Waals surface area contributed by atoms with Crippen LogP contribution in [0, 0.1) is 0 Å². The van der Waals surface area contributed by atoms with Crippen molar-refractivity contribution in [3.8, 4) is 0 Å². The highest BCUT2D eigenvalue weighted by Crippen LogP contribution is 2.22. The van der Waals surface area contributed by atoms with E-state index in [0.717, 1.165) is 5.56 Å². The summed E-state index contributed by atoms with van der Waals surface area (Å²) in [5.74, 6) is 0.652. The second-order valence-electron chi connectivity index (χ2n) is 5.74. The molecule has 1 aromatic carbocycles. The molecule has 0 aliphatic carbocycles. The monoisotopic (exact) mass is 396 g/mol. The average molecular weight is 397 g/mol. The molecule has 2 aromatic rings. The minimum Gasteiger partial charge on any atom is -0.452 e. The lowest BCUT2D eigenvalue weighted by Gasteiger charge is -2.25. The van der Waals surface area contributed by atoms with E-state index in [-0.39, 0.29) is 18.3 Å². The lowest BCUT2D eigenvalue weighted by atomic mass is 10.1. The summed E-state index contributed by atoms with van der Waals surface area (Å²) in [4.78, 5) is 19.4. The maximum absolute atomic E-state index is 12.3. The first-order valence-electron chi connectivity index (χ1n) is 8.12. The quantitative estimate of drug-likeness (QED) is 0.565. The fraction of sp³-hybridized carbons (Fsp3) is 0.333. The molecule has 138 valence electrons. The third kappa shape index (κ3) is 4.58. The van der Waals surface area contributed by atoms with Crippen LogP contribution in [0.4, 0.5) is 0 Å². The number of nitrogens with zero attached hydrogens (tertiary/aromatic N) is 2. The van der Waals surface area contributed by atoms with Gasteiger partial charge in [-0.05, 0) is 31.2 Å². The van der Waals surface area contributed by atoms with Crippen LogP contribution in [0.15, 0.2) is 39.9 Å². The molecule has 1 fully saturated rings. The molecule has 1 aromatic heterocycles. The highest BCUT2D eigenvalue weighted by molar-refractivity contribution is 6.36. The number of ether oxygens (including phenoxy) is 1. The normalized spacial score (nSPS) is 15.2. The number of rotatable bonds is 5. The maximum Gasteiger partial charge on any atom is 0.289 e. The summed E-state index contributed by atoms with van der Waals surface area (Å²) in [5, 5.41) is 5.10. The predicted octanol–water partition coefficient (Wildman–Crippen LogP) is 4.00. The summed E-state index contributed by atoms with van der Waals surface area (Å²) < 4.78 is 10.8. The third-order valence-corrected chi connectivity index (χ3v) is 4.45. The number of morpholine rings is 1. The predicted molar refractivity (Wildman–Crippen MR) is 98.9 cm³/mol. The Morgan fingerprint density at radius 2 is 2.00 bits per heavy atom. The van der Waals surface area contributed by atoms with Gasteiger partial charge < -0.3 is 18.9 Å². The molecule has 0 atom stereocenters. The van der Waals surface area contributed by atoms with E-state index in [9.17, 15) is 4.79 Å². The van der Waals surface area contributed by atoms with E-state index in [1.807, 2.05) is 0 Å². The topological polar surface area (TPSA) is 64.3 Å². The largest absolute Gasteiger partial charge is 0.452 e. The van der Waals surface area contributed by atoms with Gasteiger partial charge in [0.05, 0.1) is 23.9 Å². The zero-order chi connectivity index (χ0) is 18.5. The number of oxime groups is 1. The Kier molecular flexibility index (Phi) is 6.19. The molecule has 1 aliphatic heterocycles. The maximum atomic E-state index is 12.3. The minimum absolute atomic E-state index is 0.110. The van der Waals surface area contributed by atoms with Gasteiger partial charge in [0.25, 0.3) is 5.91 Å². The van der Waals surface area contributed by atoms with Crippen LogP contribution in [0.3, 0.4) is 0 Å². The average Bonchev–Trinajstić information content (AvgIpc) is 3.10. The first kappa shape index (κ1) is 18.8. The minimum atomic E-state index is -0.146. The lowest BCUT2D eigenvalue weighted by Crippen LogP contribution is -2.40. The van der Waals surface area contributed by atoms with Crippen molar-refractivity contribution in [3.63, 3.8) is 0 Å². The van der Waals surface area contributed by atoms with Gasteiger partial charge in [-0.25, -0.2) is 0 Å². The SMILES string of the molecule is C/C(=N/OCc1ccc(C(=O)N2CCOCC2)o1)c1ccc(Cl)cc1Cl. The molecule has 2 heterocycles. The Bertz CT molecular complexity index is 813. The number of hydrogen-bond acceptors (Lipinski definition) is 5. The van der Waals surface area contributed by atoms with Crippen LogP contribution >= 0.6 is 23.2 Å². The van der Waals surface area contributed by atoms with Crippen LogP contribution in [-0.4, -0.2) is 42.8 Å². The Morgan fingerprint density at radius 1 is 1.23 bits per heavy atom. The van der Waals surface area contributed by atoms with Crippen molar-refractivity contribution >= 4 is 34.8 Å². The van der Waals surface area contributed by atoms with Gasteiger partial charge in [0.2, 0.25) is 0 Å². The van der Waals surface area contributed by atoms with Crippen LogP contribution in [0.1, 0.15) is 28.8 Å². The molecule has 1 aliphatic rings. The molecule has 0 spiro atoms. The van der Waals surface area contributed by atoms with Crippen LogP contribution < -0.4 is 0 Å². The van der Waals surface area contributed by atoms with Crippen molar-refractivity contribution < 1.29 is 18.8 Å².